The number of ether oxygens (including phenoxy) is 1. The molecule has 0 bridgehead atoms. The van der Waals surface area contributed by atoms with Gasteiger partial charge in [0.05, 0.1) is 6.04 Å². The van der Waals surface area contributed by atoms with Gasteiger partial charge in [-0.05, 0) is 49.7 Å². The zero-order chi connectivity index (χ0) is 15.2. The molecule has 1 unspecified atom stereocenters. The van der Waals surface area contributed by atoms with E-state index in [-0.39, 0.29) is 11.9 Å². The van der Waals surface area contributed by atoms with Crippen LogP contribution in [0.1, 0.15) is 29.7 Å². The molecule has 0 aliphatic rings. The van der Waals surface area contributed by atoms with Gasteiger partial charge in [0.1, 0.15) is 18.2 Å². The molecule has 0 fully saturated rings. The van der Waals surface area contributed by atoms with Gasteiger partial charge in [0.15, 0.2) is 0 Å². The second-order valence-corrected chi connectivity index (χ2v) is 5.24. The van der Waals surface area contributed by atoms with E-state index in [0.29, 0.717) is 17.9 Å². The molecule has 0 aliphatic carbocycles. The molecule has 0 saturated carbocycles. The number of hydrogen-bond acceptors (Lipinski definition) is 2. The molecular formula is C18H22FNO. The normalized spacial score (nSPS) is 12.2. The minimum atomic E-state index is -0.205. The maximum atomic E-state index is 13.3. The Bertz CT molecular complexity index is 580. The highest BCUT2D eigenvalue weighted by molar-refractivity contribution is 5.29. The van der Waals surface area contributed by atoms with Crippen LogP contribution in [-0.2, 0) is 0 Å². The van der Waals surface area contributed by atoms with E-state index < -0.39 is 0 Å². The SMILES string of the molecule is CCNC(COc1ccc(F)c(C)c1)c1ccc(C)cc1. The van der Waals surface area contributed by atoms with Crippen molar-refractivity contribution in [3.8, 4) is 5.75 Å². The summed E-state index contributed by atoms with van der Waals surface area (Å²) in [5.41, 5.74) is 3.04. The molecule has 0 heterocycles. The number of rotatable bonds is 6. The summed E-state index contributed by atoms with van der Waals surface area (Å²) < 4.78 is 19.1. The number of benzene rings is 2. The maximum Gasteiger partial charge on any atom is 0.126 e. The smallest absolute Gasteiger partial charge is 0.126 e. The minimum absolute atomic E-state index is 0.126. The lowest BCUT2D eigenvalue weighted by molar-refractivity contribution is 0.267. The summed E-state index contributed by atoms with van der Waals surface area (Å²) in [6.45, 7) is 7.27. The van der Waals surface area contributed by atoms with Gasteiger partial charge in [-0.3, -0.25) is 0 Å². The van der Waals surface area contributed by atoms with E-state index in [1.807, 2.05) is 0 Å². The van der Waals surface area contributed by atoms with E-state index in [1.54, 1.807) is 19.1 Å². The molecule has 1 N–H and O–H groups in total. The number of likely N-dealkylation sites (N-methyl/N-ethyl adjacent to an activating group) is 1. The molecule has 3 heteroatoms. The van der Waals surface area contributed by atoms with Crippen molar-refractivity contribution in [3.05, 3.63) is 65.0 Å². The molecule has 0 aromatic heterocycles. The summed E-state index contributed by atoms with van der Waals surface area (Å²) in [7, 11) is 0. The number of hydrogen-bond donors (Lipinski definition) is 1. The Morgan fingerprint density at radius 1 is 1.10 bits per heavy atom. The van der Waals surface area contributed by atoms with E-state index in [0.717, 1.165) is 6.54 Å². The highest BCUT2D eigenvalue weighted by atomic mass is 19.1. The van der Waals surface area contributed by atoms with Crippen LogP contribution in [0, 0.1) is 19.7 Å². The second-order valence-electron chi connectivity index (χ2n) is 5.24. The monoisotopic (exact) mass is 287 g/mol. The highest BCUT2D eigenvalue weighted by Crippen LogP contribution is 2.19. The summed E-state index contributed by atoms with van der Waals surface area (Å²) in [5.74, 6) is 0.494. The summed E-state index contributed by atoms with van der Waals surface area (Å²) in [6, 6.07) is 13.4. The Morgan fingerprint density at radius 3 is 2.43 bits per heavy atom. The zero-order valence-corrected chi connectivity index (χ0v) is 12.8. The first-order valence-electron chi connectivity index (χ1n) is 7.29. The van der Waals surface area contributed by atoms with Crippen LogP contribution >= 0.6 is 0 Å². The van der Waals surface area contributed by atoms with Crippen molar-refractivity contribution in [2.45, 2.75) is 26.8 Å². The van der Waals surface area contributed by atoms with Crippen molar-refractivity contribution in [2.24, 2.45) is 0 Å². The average molecular weight is 287 g/mol. The number of nitrogens with one attached hydrogen (secondary N) is 1. The predicted molar refractivity (Wildman–Crippen MR) is 84.2 cm³/mol. The molecule has 0 amide bonds. The van der Waals surface area contributed by atoms with E-state index in [2.05, 4.69) is 43.4 Å². The lowest BCUT2D eigenvalue weighted by atomic mass is 10.1. The van der Waals surface area contributed by atoms with E-state index in [1.165, 1.54) is 17.2 Å². The van der Waals surface area contributed by atoms with Crippen molar-refractivity contribution in [1.82, 2.24) is 5.32 Å². The van der Waals surface area contributed by atoms with Crippen LogP contribution in [-0.4, -0.2) is 13.2 Å². The second kappa shape index (κ2) is 7.23. The van der Waals surface area contributed by atoms with E-state index in [4.69, 9.17) is 4.74 Å². The van der Waals surface area contributed by atoms with Crippen LogP contribution in [0.4, 0.5) is 4.39 Å². The fourth-order valence-corrected chi connectivity index (χ4v) is 2.20. The van der Waals surface area contributed by atoms with Crippen molar-refractivity contribution in [2.75, 3.05) is 13.2 Å². The summed E-state index contributed by atoms with van der Waals surface area (Å²) in [6.07, 6.45) is 0. The van der Waals surface area contributed by atoms with Gasteiger partial charge < -0.3 is 10.1 Å². The first kappa shape index (κ1) is 15.5. The summed E-state index contributed by atoms with van der Waals surface area (Å²) in [4.78, 5) is 0. The minimum Gasteiger partial charge on any atom is -0.492 e. The van der Waals surface area contributed by atoms with Crippen LogP contribution in [0.2, 0.25) is 0 Å². The molecule has 2 rings (SSSR count). The van der Waals surface area contributed by atoms with Crippen LogP contribution < -0.4 is 10.1 Å². The van der Waals surface area contributed by atoms with Crippen molar-refractivity contribution in [1.29, 1.82) is 0 Å². The van der Waals surface area contributed by atoms with E-state index >= 15 is 0 Å². The molecular weight excluding hydrogens is 265 g/mol. The molecule has 2 aromatic rings. The summed E-state index contributed by atoms with van der Waals surface area (Å²) in [5, 5.41) is 3.42. The Kier molecular flexibility index (Phi) is 5.34. The van der Waals surface area contributed by atoms with Crippen LogP contribution in [0.5, 0.6) is 5.75 Å². The molecule has 2 aromatic carbocycles. The van der Waals surface area contributed by atoms with Gasteiger partial charge in [-0.25, -0.2) is 4.39 Å². The molecule has 0 radical (unpaired) electrons. The van der Waals surface area contributed by atoms with E-state index in [9.17, 15) is 4.39 Å². The topological polar surface area (TPSA) is 21.3 Å². The molecule has 0 saturated heterocycles. The summed E-state index contributed by atoms with van der Waals surface area (Å²) >= 11 is 0. The van der Waals surface area contributed by atoms with Crippen LogP contribution in [0.3, 0.4) is 0 Å². The lowest BCUT2D eigenvalue weighted by Crippen LogP contribution is -2.26. The third-order valence-corrected chi connectivity index (χ3v) is 3.48. The zero-order valence-electron chi connectivity index (χ0n) is 12.8. The van der Waals surface area contributed by atoms with Gasteiger partial charge in [0.2, 0.25) is 0 Å². The number of halogens is 1. The van der Waals surface area contributed by atoms with Gasteiger partial charge in [-0.15, -0.1) is 0 Å². The molecule has 1 atom stereocenters. The molecule has 0 spiro atoms. The largest absolute Gasteiger partial charge is 0.492 e. The molecule has 0 aliphatic heterocycles. The maximum absolute atomic E-state index is 13.3. The van der Waals surface area contributed by atoms with Gasteiger partial charge in [0.25, 0.3) is 0 Å². The van der Waals surface area contributed by atoms with Gasteiger partial charge in [0, 0.05) is 0 Å². The Hall–Kier alpha value is -1.87. The Morgan fingerprint density at radius 2 is 1.81 bits per heavy atom. The highest BCUT2D eigenvalue weighted by Gasteiger charge is 2.11. The van der Waals surface area contributed by atoms with Gasteiger partial charge in [-0.2, -0.15) is 0 Å². The Labute approximate surface area is 126 Å². The first-order chi connectivity index (χ1) is 10.1. The molecule has 112 valence electrons. The molecule has 2 nitrogen and oxygen atoms in total. The average Bonchev–Trinajstić information content (AvgIpc) is 2.48. The quantitative estimate of drug-likeness (QED) is 0.861. The third kappa shape index (κ3) is 4.30. The van der Waals surface area contributed by atoms with Gasteiger partial charge >= 0.3 is 0 Å². The predicted octanol–water partition coefficient (Wildman–Crippen LogP) is 4.17. The number of aryl methyl sites for hydroxylation is 2. The fourth-order valence-electron chi connectivity index (χ4n) is 2.20. The first-order valence-corrected chi connectivity index (χ1v) is 7.29. The van der Waals surface area contributed by atoms with Crippen molar-refractivity contribution in [3.63, 3.8) is 0 Å². The molecule has 21 heavy (non-hydrogen) atoms. The lowest BCUT2D eigenvalue weighted by Gasteiger charge is -2.19. The fraction of sp³-hybridized carbons (Fsp3) is 0.333. The standard InChI is InChI=1S/C18H22FNO/c1-4-20-18(15-7-5-13(2)6-8-15)12-21-16-9-10-17(19)14(3)11-16/h5-11,18,20H,4,12H2,1-3H3. The van der Waals surface area contributed by atoms with Crippen molar-refractivity contribution < 1.29 is 9.13 Å². The van der Waals surface area contributed by atoms with Gasteiger partial charge in [-0.1, -0.05) is 36.8 Å². The van der Waals surface area contributed by atoms with Crippen molar-refractivity contribution >= 4 is 0 Å². The van der Waals surface area contributed by atoms with Crippen LogP contribution in [0.25, 0.3) is 0 Å². The van der Waals surface area contributed by atoms with Crippen LogP contribution in [0.15, 0.2) is 42.5 Å². The third-order valence-electron chi connectivity index (χ3n) is 3.48. The Balaban J connectivity index is 2.05.